The summed E-state index contributed by atoms with van der Waals surface area (Å²) in [5.74, 6) is -2.94. The van der Waals surface area contributed by atoms with Gasteiger partial charge in [-0.05, 0) is 49.2 Å². The number of aromatic nitrogens is 3. The highest BCUT2D eigenvalue weighted by atomic mass is 32.2. The van der Waals surface area contributed by atoms with Crippen LogP contribution >= 0.6 is 12.2 Å². The van der Waals surface area contributed by atoms with Crippen molar-refractivity contribution in [2.24, 2.45) is 0 Å². The van der Waals surface area contributed by atoms with E-state index in [2.05, 4.69) is 16.5 Å². The minimum atomic E-state index is -1.57. The maximum absolute atomic E-state index is 16.0. The molecule has 1 N–H and O–H groups in total. The van der Waals surface area contributed by atoms with E-state index in [1.807, 2.05) is 6.92 Å². The van der Waals surface area contributed by atoms with Crippen LogP contribution in [-0.4, -0.2) is 53.1 Å². The van der Waals surface area contributed by atoms with Gasteiger partial charge in [-0.1, -0.05) is 45.5 Å². The molecular formula is C32H31F2N5O5S2. The van der Waals surface area contributed by atoms with Gasteiger partial charge < -0.3 is 10.0 Å². The number of phenols is 1. The number of para-hydroxylation sites is 1. The fourth-order valence-electron chi connectivity index (χ4n) is 5.07. The number of phenolic OH excluding ortho intramolecular Hbond substituents is 1. The van der Waals surface area contributed by atoms with Crippen molar-refractivity contribution in [3.8, 4) is 22.7 Å². The van der Waals surface area contributed by atoms with E-state index in [1.165, 1.54) is 27.5 Å². The lowest BCUT2D eigenvalue weighted by Crippen LogP contribution is -2.34. The lowest BCUT2D eigenvalue weighted by atomic mass is 10.1. The number of hydrogen-bond donors (Lipinski definition) is 1. The molecule has 14 heteroatoms. The molecule has 1 aliphatic rings. The summed E-state index contributed by atoms with van der Waals surface area (Å²) in [6.45, 7) is 11.0. The molecule has 240 valence electrons. The van der Waals surface area contributed by atoms with Crippen molar-refractivity contribution in [1.82, 2.24) is 19.4 Å². The van der Waals surface area contributed by atoms with Gasteiger partial charge in [-0.2, -0.15) is 4.98 Å². The van der Waals surface area contributed by atoms with E-state index >= 15 is 8.78 Å². The van der Waals surface area contributed by atoms with Crippen LogP contribution in [0.1, 0.15) is 33.3 Å². The average Bonchev–Trinajstić information content (AvgIpc) is 3.02. The predicted molar refractivity (Wildman–Crippen MR) is 175 cm³/mol. The fraction of sp³-hybridized carbons (Fsp3) is 0.250. The molecule has 0 radical (unpaired) electrons. The molecule has 10 nitrogen and oxygen atoms in total. The SMILES string of the molecule is C=CC(=O)N1CCOSN(c2nc(=O)n(-c3c(CC)cccc3S(=O)C(C)C)c3nc(-c4c(O)cccc4F)c(F)cc23)C=C1C. The number of carbonyl (C=O) groups is 1. The Hall–Kier alpha value is -4.40. The van der Waals surface area contributed by atoms with Gasteiger partial charge in [-0.3, -0.25) is 13.2 Å². The molecule has 1 amide bonds. The highest BCUT2D eigenvalue weighted by Crippen LogP contribution is 2.38. The molecule has 46 heavy (non-hydrogen) atoms. The van der Waals surface area contributed by atoms with Gasteiger partial charge in [0.25, 0.3) is 0 Å². The quantitative estimate of drug-likeness (QED) is 0.149. The number of hydrogen-bond acceptors (Lipinski definition) is 9. The number of rotatable bonds is 7. The van der Waals surface area contributed by atoms with Crippen molar-refractivity contribution in [2.45, 2.75) is 44.3 Å². The fourth-order valence-corrected chi connectivity index (χ4v) is 6.87. The second-order valence-electron chi connectivity index (χ2n) is 10.5. The van der Waals surface area contributed by atoms with E-state index < -0.39 is 45.1 Å². The molecule has 2 aromatic heterocycles. The van der Waals surface area contributed by atoms with Gasteiger partial charge in [0.05, 0.1) is 45.5 Å². The number of amides is 1. The Kier molecular flexibility index (Phi) is 9.70. The summed E-state index contributed by atoms with van der Waals surface area (Å²) in [6.07, 6.45) is 3.10. The monoisotopic (exact) mass is 667 g/mol. The van der Waals surface area contributed by atoms with E-state index in [1.54, 1.807) is 39.0 Å². The van der Waals surface area contributed by atoms with Gasteiger partial charge in [0.15, 0.2) is 17.3 Å². The molecule has 2 aromatic carbocycles. The number of pyridine rings is 1. The third-order valence-corrected chi connectivity index (χ3v) is 9.60. The summed E-state index contributed by atoms with van der Waals surface area (Å²) in [6, 6.07) is 9.72. The normalized spacial score (nSPS) is 14.6. The van der Waals surface area contributed by atoms with E-state index in [4.69, 9.17) is 4.18 Å². The van der Waals surface area contributed by atoms with E-state index in [0.717, 1.165) is 35.0 Å². The maximum atomic E-state index is 16.0. The van der Waals surface area contributed by atoms with E-state index in [0.29, 0.717) is 22.6 Å². The third kappa shape index (κ3) is 6.07. The molecule has 0 saturated carbocycles. The van der Waals surface area contributed by atoms with Crippen LogP contribution in [0.25, 0.3) is 28.0 Å². The highest BCUT2D eigenvalue weighted by molar-refractivity contribution is 7.96. The van der Waals surface area contributed by atoms with Crippen molar-refractivity contribution in [3.63, 3.8) is 0 Å². The third-order valence-electron chi connectivity index (χ3n) is 7.27. The lowest BCUT2D eigenvalue weighted by molar-refractivity contribution is -0.124. The zero-order chi connectivity index (χ0) is 33.3. The second kappa shape index (κ2) is 13.5. The topological polar surface area (TPSA) is 118 Å². The number of aromatic hydroxyl groups is 1. The smallest absolute Gasteiger partial charge is 0.355 e. The Morgan fingerprint density at radius 3 is 2.61 bits per heavy atom. The number of benzene rings is 2. The summed E-state index contributed by atoms with van der Waals surface area (Å²) in [7, 11) is -1.57. The molecular weight excluding hydrogens is 637 g/mol. The number of fused-ring (bicyclic) bond motifs is 1. The summed E-state index contributed by atoms with van der Waals surface area (Å²) in [4.78, 5) is 37.2. The van der Waals surface area contributed by atoms with E-state index in [-0.39, 0.29) is 46.8 Å². The Morgan fingerprint density at radius 2 is 1.93 bits per heavy atom. The van der Waals surface area contributed by atoms with Gasteiger partial charge in [0, 0.05) is 17.1 Å². The zero-order valence-corrected chi connectivity index (χ0v) is 27.1. The van der Waals surface area contributed by atoms with Crippen LogP contribution in [0, 0.1) is 11.6 Å². The van der Waals surface area contributed by atoms with Gasteiger partial charge in [0.1, 0.15) is 29.5 Å². The van der Waals surface area contributed by atoms with Crippen molar-refractivity contribution >= 4 is 45.8 Å². The Bertz CT molecular complexity index is 1960. The van der Waals surface area contributed by atoms with Crippen LogP contribution in [0.3, 0.4) is 0 Å². The van der Waals surface area contributed by atoms with Gasteiger partial charge in [-0.15, -0.1) is 0 Å². The maximum Gasteiger partial charge on any atom is 0.355 e. The Labute approximate surface area is 270 Å². The summed E-state index contributed by atoms with van der Waals surface area (Å²) < 4.78 is 52.8. The molecule has 0 aliphatic carbocycles. The van der Waals surface area contributed by atoms with Crippen molar-refractivity contribution < 1.29 is 27.1 Å². The molecule has 4 aromatic rings. The van der Waals surface area contributed by atoms with Crippen molar-refractivity contribution in [3.05, 3.63) is 94.7 Å². The van der Waals surface area contributed by atoms with Gasteiger partial charge >= 0.3 is 5.69 Å². The number of nitrogens with zero attached hydrogens (tertiary/aromatic N) is 5. The van der Waals surface area contributed by atoms with Crippen LogP contribution in [0.2, 0.25) is 0 Å². The minimum absolute atomic E-state index is 0.0196. The number of allylic oxidation sites excluding steroid dienone is 1. The average molecular weight is 668 g/mol. The van der Waals surface area contributed by atoms with Crippen LogP contribution in [0.4, 0.5) is 14.6 Å². The zero-order valence-electron chi connectivity index (χ0n) is 25.5. The summed E-state index contributed by atoms with van der Waals surface area (Å²) >= 11 is 0.815. The number of halogens is 2. The van der Waals surface area contributed by atoms with Crippen molar-refractivity contribution in [2.75, 3.05) is 17.5 Å². The first-order chi connectivity index (χ1) is 22.0. The predicted octanol–water partition coefficient (Wildman–Crippen LogP) is 5.79. The largest absolute Gasteiger partial charge is 0.507 e. The van der Waals surface area contributed by atoms with Crippen LogP contribution in [0.5, 0.6) is 5.75 Å². The number of carbonyl (C=O) groups excluding carboxylic acids is 1. The van der Waals surface area contributed by atoms with Gasteiger partial charge in [-0.25, -0.2) is 27.4 Å². The molecule has 1 atom stereocenters. The molecule has 0 spiro atoms. The van der Waals surface area contributed by atoms with Crippen LogP contribution < -0.4 is 9.99 Å². The second-order valence-corrected chi connectivity index (χ2v) is 13.3. The highest BCUT2D eigenvalue weighted by Gasteiger charge is 2.28. The molecule has 0 fully saturated rings. The molecule has 0 bridgehead atoms. The molecule has 1 unspecified atom stereocenters. The first-order valence-corrected chi connectivity index (χ1v) is 16.2. The molecule has 1 aliphatic heterocycles. The molecule has 3 heterocycles. The minimum Gasteiger partial charge on any atom is -0.507 e. The van der Waals surface area contributed by atoms with Gasteiger partial charge in [0.2, 0.25) is 5.91 Å². The number of aryl methyl sites for hydroxylation is 1. The van der Waals surface area contributed by atoms with Crippen LogP contribution in [0.15, 0.2) is 76.7 Å². The standard InChI is InChI=1S/C32H31F2N5O5S2/c1-6-20-10-8-13-25(46(43)18(3)4)29(20)39-31-21(16-23(34)28(35-31)27-22(33)11-9-12-24(27)40)30(36-32(39)42)38-17-19(5)37(26(41)7-2)14-15-44-45-38/h7-13,16-18,40H,2,6,14-15H2,1,3-5H3. The number of anilines is 1. The summed E-state index contributed by atoms with van der Waals surface area (Å²) in [5, 5.41) is 10.2. The van der Waals surface area contributed by atoms with Crippen LogP contribution in [-0.2, 0) is 26.2 Å². The molecule has 5 rings (SSSR count). The Morgan fingerprint density at radius 1 is 1.20 bits per heavy atom. The van der Waals surface area contributed by atoms with Crippen molar-refractivity contribution in [1.29, 1.82) is 0 Å². The first-order valence-electron chi connectivity index (χ1n) is 14.3. The first kappa shape index (κ1) is 33.0. The Balaban J connectivity index is 1.91. The van der Waals surface area contributed by atoms with E-state index in [9.17, 15) is 18.9 Å². The lowest BCUT2D eigenvalue weighted by Gasteiger charge is -2.28. The molecule has 0 saturated heterocycles. The summed E-state index contributed by atoms with van der Waals surface area (Å²) in [5.41, 5.74) is -0.644.